The van der Waals surface area contributed by atoms with E-state index in [1.54, 1.807) is 7.11 Å². The summed E-state index contributed by atoms with van der Waals surface area (Å²) >= 11 is 0. The number of fused-ring (bicyclic) bond motifs is 1. The Kier molecular flexibility index (Phi) is 3.25. The highest BCUT2D eigenvalue weighted by Crippen LogP contribution is 2.25. The third kappa shape index (κ3) is 2.49. The van der Waals surface area contributed by atoms with Crippen LogP contribution >= 0.6 is 0 Å². The number of ether oxygens (including phenoxy) is 1. The Bertz CT molecular complexity index is 577. The summed E-state index contributed by atoms with van der Waals surface area (Å²) in [6.45, 7) is 0. The zero-order valence-electron chi connectivity index (χ0n) is 10.9. The molecule has 1 aliphatic rings. The summed E-state index contributed by atoms with van der Waals surface area (Å²) in [5.41, 5.74) is 2.05. The quantitative estimate of drug-likeness (QED) is 0.917. The van der Waals surface area contributed by atoms with E-state index in [2.05, 4.69) is 4.98 Å². The van der Waals surface area contributed by atoms with Gasteiger partial charge in [-0.15, -0.1) is 0 Å². The number of oxazole rings is 1. The van der Waals surface area contributed by atoms with Crippen molar-refractivity contribution >= 4 is 0 Å². The molecule has 1 N–H and O–H groups in total. The molecule has 0 amide bonds. The van der Waals surface area contributed by atoms with Crippen molar-refractivity contribution in [2.45, 2.75) is 31.8 Å². The third-order valence-electron chi connectivity index (χ3n) is 3.49. The van der Waals surface area contributed by atoms with Crippen LogP contribution in [0.3, 0.4) is 0 Å². The van der Waals surface area contributed by atoms with Gasteiger partial charge in [-0.2, -0.15) is 0 Å². The van der Waals surface area contributed by atoms with Crippen molar-refractivity contribution in [3.63, 3.8) is 0 Å². The van der Waals surface area contributed by atoms with Crippen LogP contribution in [0.25, 0.3) is 0 Å². The molecule has 0 saturated carbocycles. The molecular weight excluding hydrogens is 242 g/mol. The van der Waals surface area contributed by atoms with Crippen LogP contribution in [0.1, 0.15) is 29.3 Å². The van der Waals surface area contributed by atoms with Crippen molar-refractivity contribution in [1.29, 1.82) is 0 Å². The molecular formula is C15H17NO3. The maximum atomic E-state index is 9.63. The maximum Gasteiger partial charge on any atom is 0.199 e. The highest BCUT2D eigenvalue weighted by molar-refractivity contribution is 5.35. The van der Waals surface area contributed by atoms with Crippen molar-refractivity contribution in [2.24, 2.45) is 0 Å². The lowest BCUT2D eigenvalue weighted by Crippen LogP contribution is -2.17. The van der Waals surface area contributed by atoms with Crippen molar-refractivity contribution in [2.75, 3.05) is 7.11 Å². The van der Waals surface area contributed by atoms with Crippen LogP contribution in [0.15, 0.2) is 28.7 Å². The first-order valence-corrected chi connectivity index (χ1v) is 6.53. The second-order valence-electron chi connectivity index (χ2n) is 4.86. The average molecular weight is 259 g/mol. The molecule has 2 aromatic rings. The summed E-state index contributed by atoms with van der Waals surface area (Å²) in [6, 6.07) is 7.86. The van der Waals surface area contributed by atoms with E-state index in [-0.39, 0.29) is 6.10 Å². The number of rotatable bonds is 3. The van der Waals surface area contributed by atoms with E-state index in [1.807, 2.05) is 24.3 Å². The van der Waals surface area contributed by atoms with Crippen molar-refractivity contribution in [3.8, 4) is 5.75 Å². The molecule has 100 valence electrons. The summed E-state index contributed by atoms with van der Waals surface area (Å²) < 4.78 is 11.1. The largest absolute Gasteiger partial charge is 0.496 e. The minimum atomic E-state index is -0.292. The van der Waals surface area contributed by atoms with E-state index in [0.717, 1.165) is 35.6 Å². The molecule has 0 aliphatic heterocycles. The number of aromatic nitrogens is 1. The summed E-state index contributed by atoms with van der Waals surface area (Å²) in [6.07, 6.45) is 2.47. The number of hydrogen-bond donors (Lipinski definition) is 1. The van der Waals surface area contributed by atoms with Gasteiger partial charge >= 0.3 is 0 Å². The van der Waals surface area contributed by atoms with Crippen LogP contribution in [0.5, 0.6) is 5.75 Å². The number of benzene rings is 1. The van der Waals surface area contributed by atoms with Gasteiger partial charge < -0.3 is 14.3 Å². The molecule has 0 saturated heterocycles. The topological polar surface area (TPSA) is 55.5 Å². The second-order valence-corrected chi connectivity index (χ2v) is 4.86. The monoisotopic (exact) mass is 259 g/mol. The lowest BCUT2D eigenvalue weighted by Gasteiger charge is -2.13. The summed E-state index contributed by atoms with van der Waals surface area (Å²) in [7, 11) is 1.66. The maximum absolute atomic E-state index is 9.63. The predicted octanol–water partition coefficient (Wildman–Crippen LogP) is 2.12. The first-order valence-electron chi connectivity index (χ1n) is 6.53. The number of aliphatic hydroxyl groups is 1. The molecule has 4 heteroatoms. The number of methoxy groups -OCH3 is 1. The van der Waals surface area contributed by atoms with E-state index in [4.69, 9.17) is 9.15 Å². The van der Waals surface area contributed by atoms with Gasteiger partial charge in [0.15, 0.2) is 5.89 Å². The first kappa shape index (κ1) is 12.2. The smallest absolute Gasteiger partial charge is 0.199 e. The van der Waals surface area contributed by atoms with Gasteiger partial charge in [-0.05, 0) is 18.9 Å². The Hall–Kier alpha value is -1.81. The molecule has 1 atom stereocenters. The molecule has 4 nitrogen and oxygen atoms in total. The number of aryl methyl sites for hydroxylation is 1. The van der Waals surface area contributed by atoms with Gasteiger partial charge in [0.25, 0.3) is 0 Å². The van der Waals surface area contributed by atoms with Gasteiger partial charge in [0.05, 0.1) is 25.3 Å². The summed E-state index contributed by atoms with van der Waals surface area (Å²) in [4.78, 5) is 4.52. The minimum Gasteiger partial charge on any atom is -0.496 e. The summed E-state index contributed by atoms with van der Waals surface area (Å²) in [5, 5.41) is 9.63. The second kappa shape index (κ2) is 5.05. The Balaban J connectivity index is 1.84. The van der Waals surface area contributed by atoms with Crippen molar-refractivity contribution in [3.05, 3.63) is 47.2 Å². The average Bonchev–Trinajstić information content (AvgIpc) is 2.80. The van der Waals surface area contributed by atoms with Crippen LogP contribution in [0, 0.1) is 0 Å². The van der Waals surface area contributed by atoms with Gasteiger partial charge in [-0.25, -0.2) is 4.98 Å². The van der Waals surface area contributed by atoms with Gasteiger partial charge in [0, 0.05) is 12.0 Å². The van der Waals surface area contributed by atoms with Gasteiger partial charge in [-0.3, -0.25) is 0 Å². The zero-order chi connectivity index (χ0) is 13.2. The number of nitrogens with zero attached hydrogens (tertiary/aromatic N) is 1. The fourth-order valence-electron chi connectivity index (χ4n) is 2.50. The Morgan fingerprint density at radius 1 is 1.42 bits per heavy atom. The number of hydrogen-bond acceptors (Lipinski definition) is 4. The zero-order valence-corrected chi connectivity index (χ0v) is 10.9. The Morgan fingerprint density at radius 3 is 3.11 bits per heavy atom. The van der Waals surface area contributed by atoms with Crippen LogP contribution in [-0.4, -0.2) is 23.3 Å². The molecule has 1 aromatic heterocycles. The highest BCUT2D eigenvalue weighted by Gasteiger charge is 2.22. The number of para-hydroxylation sites is 1. The molecule has 0 radical (unpaired) electrons. The molecule has 0 fully saturated rings. The third-order valence-corrected chi connectivity index (χ3v) is 3.49. The standard InChI is InChI=1S/C15H17NO3/c1-18-13-5-3-2-4-10(13)8-15-16-12-7-6-11(17)9-14(12)19-15/h2-5,11,17H,6-9H2,1H3. The fraction of sp³-hybridized carbons (Fsp3) is 0.400. The molecule has 3 rings (SSSR count). The van der Waals surface area contributed by atoms with Crippen LogP contribution < -0.4 is 4.74 Å². The first-order chi connectivity index (χ1) is 9.26. The van der Waals surface area contributed by atoms with Crippen LogP contribution in [0.4, 0.5) is 0 Å². The van der Waals surface area contributed by atoms with E-state index in [1.165, 1.54) is 0 Å². The Labute approximate surface area is 112 Å². The Morgan fingerprint density at radius 2 is 2.26 bits per heavy atom. The molecule has 1 heterocycles. The van der Waals surface area contributed by atoms with Crippen molar-refractivity contribution in [1.82, 2.24) is 4.98 Å². The lowest BCUT2D eigenvalue weighted by atomic mass is 9.99. The molecule has 1 unspecified atom stereocenters. The van der Waals surface area contributed by atoms with E-state index in [0.29, 0.717) is 18.7 Å². The minimum absolute atomic E-state index is 0.292. The van der Waals surface area contributed by atoms with Crippen molar-refractivity contribution < 1.29 is 14.3 Å². The summed E-state index contributed by atoms with van der Waals surface area (Å²) in [5.74, 6) is 2.38. The molecule has 19 heavy (non-hydrogen) atoms. The highest BCUT2D eigenvalue weighted by atomic mass is 16.5. The predicted molar refractivity (Wildman–Crippen MR) is 70.3 cm³/mol. The lowest BCUT2D eigenvalue weighted by molar-refractivity contribution is 0.149. The molecule has 0 spiro atoms. The van der Waals surface area contributed by atoms with Crippen LogP contribution in [0.2, 0.25) is 0 Å². The molecule has 1 aromatic carbocycles. The van der Waals surface area contributed by atoms with Crippen LogP contribution in [-0.2, 0) is 19.3 Å². The molecule has 1 aliphatic carbocycles. The molecule has 0 bridgehead atoms. The number of aliphatic hydroxyl groups excluding tert-OH is 1. The SMILES string of the molecule is COc1ccccc1Cc1nc2c(o1)CC(O)CC2. The van der Waals surface area contributed by atoms with Gasteiger partial charge in [-0.1, -0.05) is 18.2 Å². The fourth-order valence-corrected chi connectivity index (χ4v) is 2.50. The van der Waals surface area contributed by atoms with E-state index >= 15 is 0 Å². The van der Waals surface area contributed by atoms with E-state index < -0.39 is 0 Å². The van der Waals surface area contributed by atoms with E-state index in [9.17, 15) is 5.11 Å². The van der Waals surface area contributed by atoms with Gasteiger partial charge in [0.1, 0.15) is 11.5 Å². The normalized spacial score (nSPS) is 18.1. The van der Waals surface area contributed by atoms with Gasteiger partial charge in [0.2, 0.25) is 0 Å².